The van der Waals surface area contributed by atoms with Gasteiger partial charge < -0.3 is 4.90 Å². The first-order chi connectivity index (χ1) is 17.6. The largest absolute Gasteiger partial charge is 0.325 e. The zero-order chi connectivity index (χ0) is 25.1. The van der Waals surface area contributed by atoms with Gasteiger partial charge in [0.05, 0.1) is 12.6 Å². The second-order valence-corrected chi connectivity index (χ2v) is 9.94. The Kier molecular flexibility index (Phi) is 7.23. The molecule has 2 heterocycles. The van der Waals surface area contributed by atoms with Gasteiger partial charge in [0, 0.05) is 22.8 Å². The van der Waals surface area contributed by atoms with Gasteiger partial charge in [-0.15, -0.1) is 0 Å². The molecule has 1 amide bonds. The summed E-state index contributed by atoms with van der Waals surface area (Å²) in [6.07, 6.45) is 7.70. The predicted molar refractivity (Wildman–Crippen MR) is 143 cm³/mol. The lowest BCUT2D eigenvalue weighted by molar-refractivity contribution is 0.0477. The van der Waals surface area contributed by atoms with Crippen molar-refractivity contribution in [3.8, 4) is 0 Å². The van der Waals surface area contributed by atoms with Crippen LogP contribution in [-0.2, 0) is 6.54 Å². The molecule has 1 saturated carbocycles. The average Bonchev–Trinajstić information content (AvgIpc) is 3.39. The van der Waals surface area contributed by atoms with Gasteiger partial charge in [-0.1, -0.05) is 68.1 Å². The molecule has 0 saturated heterocycles. The number of hydrogen-bond acceptors (Lipinski definition) is 3. The van der Waals surface area contributed by atoms with Crippen LogP contribution in [0, 0.1) is 0 Å². The smallest absolute Gasteiger partial charge is 0.278 e. The minimum absolute atomic E-state index is 0.0430. The summed E-state index contributed by atoms with van der Waals surface area (Å²) in [5.41, 5.74) is 2.04. The molecule has 2 aromatic carbocycles. The number of nitrogens with zero attached hydrogens (tertiary/aromatic N) is 4. The third-order valence-corrected chi connectivity index (χ3v) is 7.43. The first-order valence-electron chi connectivity index (χ1n) is 12.8. The second kappa shape index (κ2) is 10.7. The van der Waals surface area contributed by atoms with Crippen LogP contribution in [0.5, 0.6) is 0 Å². The van der Waals surface area contributed by atoms with E-state index in [1.807, 2.05) is 41.3 Å². The standard InChI is InChI=1S/C29H31ClN4O2/c1-2-25(34(24-12-7-4-8-13-24)28(35)22-15-17-23(30)18-16-22)27-31-33-19-9-14-26(33)29(36)32(27)20-21-10-5-3-6-11-21/h3,5-6,9-11,14-19,24-25H,2,4,7-8,12-13,20H2,1H3. The third-order valence-electron chi connectivity index (χ3n) is 7.18. The summed E-state index contributed by atoms with van der Waals surface area (Å²) in [6, 6.07) is 20.4. The number of aromatic nitrogens is 3. The zero-order valence-electron chi connectivity index (χ0n) is 20.5. The molecule has 7 heteroatoms. The minimum atomic E-state index is -0.348. The Labute approximate surface area is 216 Å². The average molecular weight is 503 g/mol. The van der Waals surface area contributed by atoms with Crippen molar-refractivity contribution in [2.75, 3.05) is 0 Å². The SMILES string of the molecule is CCC(c1nn2cccc2c(=O)n1Cc1ccccc1)N(C(=O)c1ccc(Cl)cc1)C1CCCCC1. The number of carbonyl (C=O) groups excluding carboxylic acids is 1. The molecule has 1 aliphatic rings. The lowest BCUT2D eigenvalue weighted by atomic mass is 9.91. The van der Waals surface area contributed by atoms with Crippen LogP contribution in [0.4, 0.5) is 0 Å². The van der Waals surface area contributed by atoms with Crippen LogP contribution in [0.25, 0.3) is 5.52 Å². The van der Waals surface area contributed by atoms with Gasteiger partial charge >= 0.3 is 0 Å². The first-order valence-corrected chi connectivity index (χ1v) is 13.1. The van der Waals surface area contributed by atoms with Crippen LogP contribution in [0.3, 0.4) is 0 Å². The van der Waals surface area contributed by atoms with E-state index in [0.717, 1.165) is 31.2 Å². The van der Waals surface area contributed by atoms with Gasteiger partial charge in [0.15, 0.2) is 5.82 Å². The van der Waals surface area contributed by atoms with Gasteiger partial charge in [0.25, 0.3) is 11.5 Å². The van der Waals surface area contributed by atoms with Crippen LogP contribution in [0.2, 0.25) is 5.02 Å². The van der Waals surface area contributed by atoms with Gasteiger partial charge in [-0.2, -0.15) is 5.10 Å². The highest BCUT2D eigenvalue weighted by Gasteiger charge is 2.35. The number of hydrogen-bond donors (Lipinski definition) is 0. The van der Waals surface area contributed by atoms with E-state index in [9.17, 15) is 9.59 Å². The van der Waals surface area contributed by atoms with E-state index in [4.69, 9.17) is 16.7 Å². The monoisotopic (exact) mass is 502 g/mol. The fourth-order valence-electron chi connectivity index (χ4n) is 5.37. The molecule has 5 rings (SSSR count). The Balaban J connectivity index is 1.65. The Morgan fingerprint density at radius 3 is 2.44 bits per heavy atom. The maximum absolute atomic E-state index is 14.1. The normalized spacial score (nSPS) is 15.2. The summed E-state index contributed by atoms with van der Waals surface area (Å²) < 4.78 is 3.40. The van der Waals surface area contributed by atoms with Crippen molar-refractivity contribution in [2.45, 2.75) is 64.1 Å². The minimum Gasteiger partial charge on any atom is -0.325 e. The molecule has 4 aromatic rings. The molecule has 0 spiro atoms. The van der Waals surface area contributed by atoms with Crippen molar-refractivity contribution in [3.05, 3.63) is 105 Å². The van der Waals surface area contributed by atoms with Crippen molar-refractivity contribution in [1.29, 1.82) is 0 Å². The van der Waals surface area contributed by atoms with E-state index < -0.39 is 0 Å². The molecule has 1 atom stereocenters. The maximum atomic E-state index is 14.1. The predicted octanol–water partition coefficient (Wildman–Crippen LogP) is 6.12. The van der Waals surface area contributed by atoms with E-state index in [1.54, 1.807) is 45.6 Å². The fourth-order valence-corrected chi connectivity index (χ4v) is 5.49. The molecule has 6 nitrogen and oxygen atoms in total. The lowest BCUT2D eigenvalue weighted by Gasteiger charge is -2.40. The van der Waals surface area contributed by atoms with E-state index in [1.165, 1.54) is 6.42 Å². The van der Waals surface area contributed by atoms with E-state index in [2.05, 4.69) is 6.92 Å². The van der Waals surface area contributed by atoms with Crippen molar-refractivity contribution in [2.24, 2.45) is 0 Å². The van der Waals surface area contributed by atoms with E-state index >= 15 is 0 Å². The molecule has 36 heavy (non-hydrogen) atoms. The molecular formula is C29H31ClN4O2. The van der Waals surface area contributed by atoms with Crippen LogP contribution < -0.4 is 5.56 Å². The molecule has 0 bridgehead atoms. The Morgan fingerprint density at radius 2 is 1.75 bits per heavy atom. The number of carbonyl (C=O) groups is 1. The Morgan fingerprint density at radius 1 is 1.03 bits per heavy atom. The summed E-state index contributed by atoms with van der Waals surface area (Å²) in [5, 5.41) is 5.53. The van der Waals surface area contributed by atoms with Crippen molar-refractivity contribution in [3.63, 3.8) is 0 Å². The first kappa shape index (κ1) is 24.3. The van der Waals surface area contributed by atoms with Gasteiger partial charge in [0.2, 0.25) is 0 Å². The number of fused-ring (bicyclic) bond motifs is 1. The summed E-state index contributed by atoms with van der Waals surface area (Å²) >= 11 is 6.11. The molecule has 2 aromatic heterocycles. The van der Waals surface area contributed by atoms with E-state index in [0.29, 0.717) is 34.9 Å². The summed E-state index contributed by atoms with van der Waals surface area (Å²) in [4.78, 5) is 29.8. The van der Waals surface area contributed by atoms with Crippen molar-refractivity contribution >= 4 is 23.0 Å². The number of benzene rings is 2. The van der Waals surface area contributed by atoms with Crippen molar-refractivity contribution in [1.82, 2.24) is 19.1 Å². The quantitative estimate of drug-likeness (QED) is 0.305. The van der Waals surface area contributed by atoms with Crippen LogP contribution >= 0.6 is 11.6 Å². The fraction of sp³-hybridized carbons (Fsp3) is 0.345. The Bertz CT molecular complexity index is 1390. The maximum Gasteiger partial charge on any atom is 0.278 e. The van der Waals surface area contributed by atoms with Gasteiger partial charge in [-0.25, -0.2) is 4.52 Å². The van der Waals surface area contributed by atoms with Gasteiger partial charge in [-0.05, 0) is 61.2 Å². The topological polar surface area (TPSA) is 59.6 Å². The highest BCUT2D eigenvalue weighted by Crippen LogP contribution is 2.33. The zero-order valence-corrected chi connectivity index (χ0v) is 21.3. The summed E-state index contributed by atoms with van der Waals surface area (Å²) in [6.45, 7) is 2.46. The summed E-state index contributed by atoms with van der Waals surface area (Å²) in [5.74, 6) is 0.571. The number of rotatable bonds is 7. The summed E-state index contributed by atoms with van der Waals surface area (Å²) in [7, 11) is 0. The van der Waals surface area contributed by atoms with Crippen LogP contribution in [0.1, 0.15) is 73.2 Å². The second-order valence-electron chi connectivity index (χ2n) is 9.51. The molecular weight excluding hydrogens is 472 g/mol. The highest BCUT2D eigenvalue weighted by molar-refractivity contribution is 6.30. The molecule has 186 valence electrons. The molecule has 0 N–H and O–H groups in total. The van der Waals surface area contributed by atoms with Crippen LogP contribution in [0.15, 0.2) is 77.7 Å². The molecule has 1 fully saturated rings. The molecule has 1 aliphatic carbocycles. The molecule has 0 radical (unpaired) electrons. The molecule has 1 unspecified atom stereocenters. The van der Waals surface area contributed by atoms with Crippen molar-refractivity contribution < 1.29 is 4.79 Å². The highest BCUT2D eigenvalue weighted by atomic mass is 35.5. The van der Waals surface area contributed by atoms with Gasteiger partial charge in [-0.3, -0.25) is 14.2 Å². The van der Waals surface area contributed by atoms with E-state index in [-0.39, 0.29) is 23.6 Å². The molecule has 0 aliphatic heterocycles. The third kappa shape index (κ3) is 4.82. The number of halogens is 1. The van der Waals surface area contributed by atoms with Crippen LogP contribution in [-0.4, -0.2) is 31.0 Å². The Hall–Kier alpha value is -3.38. The lowest BCUT2D eigenvalue weighted by Crippen LogP contribution is -2.46. The van der Waals surface area contributed by atoms with Gasteiger partial charge in [0.1, 0.15) is 5.52 Å². The number of amides is 1.